The van der Waals surface area contributed by atoms with E-state index < -0.39 is 11.9 Å². The van der Waals surface area contributed by atoms with Gasteiger partial charge in [-0.25, -0.2) is 4.85 Å². The molecule has 1 aliphatic carbocycles. The molecule has 58 heavy (non-hydrogen) atoms. The number of amides is 4. The molecule has 302 valence electrons. The number of hydrogen-bond acceptors (Lipinski definition) is 7. The summed E-state index contributed by atoms with van der Waals surface area (Å²) in [6, 6.07) is 18.3. The molecule has 3 aromatic rings. The van der Waals surface area contributed by atoms with Crippen molar-refractivity contribution in [1.82, 2.24) is 20.4 Å². The lowest BCUT2D eigenvalue weighted by Gasteiger charge is -2.63. The standard InChI is InChI=1S/C46H50ClN5O6/c1-44(2)42(45(3,4)43(44)58-33-11-13-36(48-5)35(47)23-33)50-39(54)30-8-6-28(7-9-30)24-46(26-57-27-46)18-21-51-19-16-29(17-20-51)31-10-12-34-32(22-31)25-52(41(34)56)37-14-15-38(53)49-40(37)55/h6-13,16,22-23,37,42-43H,14-15,17-21,24-27H2,1-4H3,(H,50,54)(H,49,53,55). The Labute approximate surface area is 344 Å². The second-order valence-corrected chi connectivity index (χ2v) is 18.3. The highest BCUT2D eigenvalue weighted by atomic mass is 35.5. The van der Waals surface area contributed by atoms with Crippen molar-refractivity contribution < 1.29 is 28.7 Å². The van der Waals surface area contributed by atoms with Crippen molar-refractivity contribution in [2.45, 2.75) is 84.5 Å². The van der Waals surface area contributed by atoms with Gasteiger partial charge in [-0.3, -0.25) is 29.4 Å². The van der Waals surface area contributed by atoms with Crippen LogP contribution in [-0.2, 0) is 27.3 Å². The van der Waals surface area contributed by atoms with Crippen molar-refractivity contribution >= 4 is 46.5 Å². The molecule has 8 rings (SSSR count). The minimum Gasteiger partial charge on any atom is -0.489 e. The summed E-state index contributed by atoms with van der Waals surface area (Å²) >= 11 is 6.27. The van der Waals surface area contributed by atoms with E-state index in [9.17, 15) is 19.2 Å². The summed E-state index contributed by atoms with van der Waals surface area (Å²) < 4.78 is 12.2. The van der Waals surface area contributed by atoms with Gasteiger partial charge in [-0.2, -0.15) is 0 Å². The van der Waals surface area contributed by atoms with Gasteiger partial charge in [0.15, 0.2) is 0 Å². The van der Waals surface area contributed by atoms with Gasteiger partial charge >= 0.3 is 0 Å². The molecule has 12 heteroatoms. The molecule has 4 amide bonds. The van der Waals surface area contributed by atoms with Gasteiger partial charge in [0.1, 0.15) is 17.9 Å². The van der Waals surface area contributed by atoms with Crippen molar-refractivity contribution in [3.63, 3.8) is 0 Å². The van der Waals surface area contributed by atoms with Crippen LogP contribution in [0.25, 0.3) is 10.4 Å². The summed E-state index contributed by atoms with van der Waals surface area (Å²) in [5.41, 5.74) is 5.50. The third-order valence-electron chi connectivity index (χ3n) is 13.2. The summed E-state index contributed by atoms with van der Waals surface area (Å²) in [7, 11) is 0. The Morgan fingerprint density at radius 1 is 1.02 bits per heavy atom. The topological polar surface area (TPSA) is 122 Å². The number of carbonyl (C=O) groups excluding carboxylic acids is 4. The summed E-state index contributed by atoms with van der Waals surface area (Å²) in [6.07, 6.45) is 5.52. The Balaban J connectivity index is 0.827. The molecule has 0 bridgehead atoms. The molecule has 0 spiro atoms. The number of nitrogens with zero attached hydrogens (tertiary/aromatic N) is 3. The molecule has 3 fully saturated rings. The van der Waals surface area contributed by atoms with Gasteiger partial charge in [0.2, 0.25) is 17.5 Å². The Bertz CT molecular complexity index is 2220. The first-order valence-electron chi connectivity index (χ1n) is 20.2. The van der Waals surface area contributed by atoms with E-state index in [0.29, 0.717) is 40.6 Å². The molecule has 4 aliphatic heterocycles. The molecular formula is C46H50ClN5O6. The highest BCUT2D eigenvalue weighted by molar-refractivity contribution is 6.33. The second kappa shape index (κ2) is 15.3. The quantitative estimate of drug-likeness (QED) is 0.158. The number of halogens is 1. The Morgan fingerprint density at radius 2 is 1.78 bits per heavy atom. The SMILES string of the molecule is [C-]#[N+]c1ccc(OC2C(C)(C)C(NC(=O)c3ccc(CC4(CCN5CC=C(c6ccc7c(c6)CN(C6CCC(=O)NC6=O)C7=O)CC5)COC4)cc3)C2(C)C)cc1Cl. The zero-order valence-electron chi connectivity index (χ0n) is 33.5. The fourth-order valence-electron chi connectivity index (χ4n) is 10.1. The van der Waals surface area contributed by atoms with E-state index >= 15 is 0 Å². The van der Waals surface area contributed by atoms with Gasteiger partial charge in [-0.15, -0.1) is 0 Å². The number of imide groups is 1. The molecule has 3 aromatic carbocycles. The predicted molar refractivity (Wildman–Crippen MR) is 220 cm³/mol. The molecule has 1 atom stereocenters. The van der Waals surface area contributed by atoms with E-state index in [0.717, 1.165) is 63.2 Å². The van der Waals surface area contributed by atoms with E-state index in [1.54, 1.807) is 23.1 Å². The molecule has 2 saturated heterocycles. The Morgan fingerprint density at radius 3 is 2.41 bits per heavy atom. The molecule has 5 aliphatic rings. The summed E-state index contributed by atoms with van der Waals surface area (Å²) in [6.45, 7) is 20.2. The first-order chi connectivity index (χ1) is 27.7. The Kier molecular flexibility index (Phi) is 10.5. The highest BCUT2D eigenvalue weighted by Crippen LogP contribution is 2.56. The van der Waals surface area contributed by atoms with Crippen molar-refractivity contribution in [2.75, 3.05) is 32.8 Å². The number of piperidine rings is 1. The van der Waals surface area contributed by atoms with Crippen molar-refractivity contribution in [2.24, 2.45) is 16.2 Å². The first kappa shape index (κ1) is 39.8. The van der Waals surface area contributed by atoms with Crippen LogP contribution < -0.4 is 15.4 Å². The molecule has 4 heterocycles. The highest BCUT2D eigenvalue weighted by Gasteiger charge is 2.64. The number of fused-ring (bicyclic) bond motifs is 1. The van der Waals surface area contributed by atoms with E-state index in [1.807, 2.05) is 24.3 Å². The van der Waals surface area contributed by atoms with Crippen LogP contribution in [0.15, 0.2) is 66.7 Å². The van der Waals surface area contributed by atoms with Crippen LogP contribution in [0, 0.1) is 22.8 Å². The average Bonchev–Trinajstić information content (AvgIpc) is 3.51. The molecular weight excluding hydrogens is 754 g/mol. The molecule has 2 N–H and O–H groups in total. The van der Waals surface area contributed by atoms with Crippen molar-refractivity contribution in [1.29, 1.82) is 0 Å². The zero-order valence-corrected chi connectivity index (χ0v) is 34.3. The van der Waals surface area contributed by atoms with Gasteiger partial charge in [0.25, 0.3) is 11.8 Å². The fourth-order valence-corrected chi connectivity index (χ4v) is 10.3. The van der Waals surface area contributed by atoms with Gasteiger partial charge in [0.05, 0.1) is 24.8 Å². The van der Waals surface area contributed by atoms with Crippen LogP contribution in [0.2, 0.25) is 5.02 Å². The van der Waals surface area contributed by atoms with E-state index in [2.05, 4.69) is 72.3 Å². The third kappa shape index (κ3) is 7.42. The molecule has 0 radical (unpaired) electrons. The number of ether oxygens (including phenoxy) is 2. The van der Waals surface area contributed by atoms with Crippen LogP contribution in [0.1, 0.15) is 90.8 Å². The van der Waals surface area contributed by atoms with E-state index in [1.165, 1.54) is 11.1 Å². The number of rotatable bonds is 11. The summed E-state index contributed by atoms with van der Waals surface area (Å²) in [5, 5.41) is 6.03. The normalized spacial score (nSPS) is 24.4. The number of carbonyl (C=O) groups is 4. The van der Waals surface area contributed by atoms with Crippen LogP contribution in [0.3, 0.4) is 0 Å². The van der Waals surface area contributed by atoms with Crippen molar-refractivity contribution in [3.05, 3.63) is 111 Å². The predicted octanol–water partition coefficient (Wildman–Crippen LogP) is 7.00. The minimum atomic E-state index is -0.614. The van der Waals surface area contributed by atoms with Gasteiger partial charge in [0, 0.05) is 59.5 Å². The molecule has 0 aromatic heterocycles. The minimum absolute atomic E-state index is 0.0597. The first-order valence-corrected chi connectivity index (χ1v) is 20.6. The lowest BCUT2D eigenvalue weighted by atomic mass is 9.49. The molecule has 11 nitrogen and oxygen atoms in total. The number of benzene rings is 3. The van der Waals surface area contributed by atoms with Gasteiger partial charge < -0.3 is 19.7 Å². The molecule has 1 saturated carbocycles. The largest absolute Gasteiger partial charge is 0.489 e. The zero-order chi connectivity index (χ0) is 41.0. The van der Waals surface area contributed by atoms with E-state index in [-0.39, 0.29) is 52.5 Å². The maximum Gasteiger partial charge on any atom is 0.255 e. The molecule has 1 unspecified atom stereocenters. The van der Waals surface area contributed by atoms with E-state index in [4.69, 9.17) is 27.6 Å². The number of nitrogens with one attached hydrogen (secondary N) is 2. The van der Waals surface area contributed by atoms with Gasteiger partial charge in [-0.1, -0.05) is 69.6 Å². The van der Waals surface area contributed by atoms with Crippen LogP contribution in [0.5, 0.6) is 5.75 Å². The summed E-state index contributed by atoms with van der Waals surface area (Å²) in [5.74, 6) is -0.332. The number of hydrogen-bond donors (Lipinski definition) is 2. The van der Waals surface area contributed by atoms with Crippen LogP contribution in [-0.4, -0.2) is 84.5 Å². The van der Waals surface area contributed by atoms with Crippen LogP contribution in [0.4, 0.5) is 5.69 Å². The average molecular weight is 804 g/mol. The third-order valence-corrected chi connectivity index (χ3v) is 13.5. The smallest absolute Gasteiger partial charge is 0.255 e. The fraction of sp³-hybridized carbons (Fsp3) is 0.457. The monoisotopic (exact) mass is 803 g/mol. The van der Waals surface area contributed by atoms with Crippen LogP contribution >= 0.6 is 11.6 Å². The maximum absolute atomic E-state index is 13.5. The summed E-state index contributed by atoms with van der Waals surface area (Å²) in [4.78, 5) is 58.3. The Hall–Kier alpha value is -5.02. The lowest BCUT2D eigenvalue weighted by Crippen LogP contribution is -2.74. The maximum atomic E-state index is 13.5. The second-order valence-electron chi connectivity index (χ2n) is 17.9. The van der Waals surface area contributed by atoms with Crippen molar-refractivity contribution in [3.8, 4) is 5.75 Å². The lowest BCUT2D eigenvalue weighted by molar-refractivity contribution is -0.164. The van der Waals surface area contributed by atoms with Gasteiger partial charge in [-0.05, 0) is 90.9 Å².